The molecular formula is C19H23NO6S. The van der Waals surface area contributed by atoms with Gasteiger partial charge in [-0.15, -0.1) is 0 Å². The summed E-state index contributed by atoms with van der Waals surface area (Å²) in [4.78, 5) is 38.0. The van der Waals surface area contributed by atoms with E-state index in [2.05, 4.69) is 0 Å². The average Bonchev–Trinajstić information content (AvgIpc) is 2.77. The highest BCUT2D eigenvalue weighted by Crippen LogP contribution is 2.50. The number of carbonyl (C=O) groups excluding carboxylic acids is 3. The zero-order valence-electron chi connectivity index (χ0n) is 15.7. The van der Waals surface area contributed by atoms with Crippen molar-refractivity contribution in [2.45, 2.75) is 56.6 Å². The zero-order valence-corrected chi connectivity index (χ0v) is 16.5. The number of β-lactam (4-membered cyclic amide) rings is 1. The second-order valence-electron chi connectivity index (χ2n) is 7.37. The lowest BCUT2D eigenvalue weighted by Gasteiger charge is -2.43. The summed E-state index contributed by atoms with van der Waals surface area (Å²) < 4.78 is 22.6. The number of hydrogen-bond donors (Lipinski definition) is 0. The number of fused-ring (bicyclic) bond motifs is 1. The Balaban J connectivity index is 1.76. The fraction of sp³-hybridized carbons (Fsp3) is 0.526. The van der Waals surface area contributed by atoms with Gasteiger partial charge in [0, 0.05) is 6.92 Å². The molecule has 0 bridgehead atoms. The maximum Gasteiger partial charge on any atom is 0.334 e. The molecule has 0 aliphatic carbocycles. The van der Waals surface area contributed by atoms with Crippen LogP contribution in [0.1, 0.15) is 33.3 Å². The Labute approximate surface area is 161 Å². The summed E-state index contributed by atoms with van der Waals surface area (Å²) >= 11 is -1.49. The van der Waals surface area contributed by atoms with Crippen LogP contribution in [-0.2, 0) is 41.6 Å². The van der Waals surface area contributed by atoms with Gasteiger partial charge < -0.3 is 14.0 Å². The minimum atomic E-state index is -1.49. The van der Waals surface area contributed by atoms with Gasteiger partial charge in [0.2, 0.25) is 11.3 Å². The number of carbonyl (C=O) groups is 3. The smallest absolute Gasteiger partial charge is 0.334 e. The molecule has 0 N–H and O–H groups in total. The van der Waals surface area contributed by atoms with Gasteiger partial charge in [0.1, 0.15) is 18.6 Å². The number of amides is 1. The molecule has 2 saturated heterocycles. The van der Waals surface area contributed by atoms with E-state index < -0.39 is 51.3 Å². The Morgan fingerprint density at radius 2 is 1.93 bits per heavy atom. The summed E-state index contributed by atoms with van der Waals surface area (Å²) in [6.07, 6.45) is -0.699. The molecule has 0 radical (unpaired) electrons. The van der Waals surface area contributed by atoms with Crippen molar-refractivity contribution < 1.29 is 28.4 Å². The van der Waals surface area contributed by atoms with Crippen LogP contribution in [0.4, 0.5) is 0 Å². The SMILES string of the molecule is CC(=O)OC(C)[C@H]1C(=O)N2[C@@H]1[S+]([O-])C(C)(C)[C@@H]2C(=O)OCc1ccccc1. The lowest BCUT2D eigenvalue weighted by Crippen LogP contribution is -2.66. The lowest BCUT2D eigenvalue weighted by molar-refractivity contribution is -0.176. The molecule has 0 aromatic heterocycles. The normalized spacial score (nSPS) is 29.5. The third-order valence-electron chi connectivity index (χ3n) is 5.10. The molecule has 3 rings (SSSR count). The van der Waals surface area contributed by atoms with E-state index in [-0.39, 0.29) is 12.5 Å². The van der Waals surface area contributed by atoms with E-state index >= 15 is 0 Å². The molecule has 1 aromatic carbocycles. The minimum Gasteiger partial charge on any atom is -0.614 e. The molecule has 146 valence electrons. The Morgan fingerprint density at radius 1 is 1.30 bits per heavy atom. The van der Waals surface area contributed by atoms with Gasteiger partial charge in [-0.25, -0.2) is 4.79 Å². The van der Waals surface area contributed by atoms with Gasteiger partial charge in [-0.1, -0.05) is 30.3 Å². The molecule has 7 nitrogen and oxygen atoms in total. The van der Waals surface area contributed by atoms with Crippen molar-refractivity contribution in [1.29, 1.82) is 0 Å². The molecule has 2 heterocycles. The number of benzene rings is 1. The van der Waals surface area contributed by atoms with Crippen LogP contribution in [0.3, 0.4) is 0 Å². The Bertz CT molecular complexity index is 752. The van der Waals surface area contributed by atoms with Gasteiger partial charge in [-0.05, 0) is 37.5 Å². The summed E-state index contributed by atoms with van der Waals surface area (Å²) in [6, 6.07) is 8.28. The standard InChI is InChI=1S/C19H23NO6S/c1-11(26-12(2)21)14-16(22)20-15(19(3,4)27(24)17(14)20)18(23)25-10-13-8-6-5-7-9-13/h5-9,11,14-15,17H,10H2,1-4H3/t11?,14-,15-,17+,27?/m0/s1. The van der Waals surface area contributed by atoms with Gasteiger partial charge in [-0.3, -0.25) is 14.5 Å². The Hall–Kier alpha value is -2.06. The minimum absolute atomic E-state index is 0.0822. The maximum atomic E-state index is 13.0. The predicted octanol–water partition coefficient (Wildman–Crippen LogP) is 1.38. The molecule has 8 heteroatoms. The van der Waals surface area contributed by atoms with Crippen molar-refractivity contribution in [2.75, 3.05) is 0 Å². The molecule has 0 saturated carbocycles. The van der Waals surface area contributed by atoms with Gasteiger partial charge in [0.05, 0.1) is 0 Å². The van der Waals surface area contributed by atoms with Crippen molar-refractivity contribution in [3.05, 3.63) is 35.9 Å². The molecule has 2 unspecified atom stereocenters. The van der Waals surface area contributed by atoms with Gasteiger partial charge in [-0.2, -0.15) is 0 Å². The monoisotopic (exact) mass is 393 g/mol. The van der Waals surface area contributed by atoms with E-state index in [0.717, 1.165) is 5.56 Å². The zero-order chi connectivity index (χ0) is 19.9. The molecule has 1 amide bonds. The summed E-state index contributed by atoms with van der Waals surface area (Å²) in [6.45, 7) is 6.33. The van der Waals surface area contributed by atoms with Crippen LogP contribution in [0.15, 0.2) is 30.3 Å². The molecule has 2 fully saturated rings. The number of nitrogens with zero attached hydrogens (tertiary/aromatic N) is 1. The number of esters is 2. The largest absolute Gasteiger partial charge is 0.614 e. The molecule has 27 heavy (non-hydrogen) atoms. The fourth-order valence-electron chi connectivity index (χ4n) is 3.75. The second kappa shape index (κ2) is 7.16. The number of hydrogen-bond acceptors (Lipinski definition) is 6. The van der Waals surface area contributed by atoms with Crippen molar-refractivity contribution in [1.82, 2.24) is 4.90 Å². The molecule has 2 aliphatic rings. The molecule has 1 aromatic rings. The second-order valence-corrected chi connectivity index (χ2v) is 9.50. The topological polar surface area (TPSA) is 96.0 Å². The molecule has 2 aliphatic heterocycles. The van der Waals surface area contributed by atoms with Crippen LogP contribution >= 0.6 is 0 Å². The highest BCUT2D eigenvalue weighted by atomic mass is 32.2. The first kappa shape index (κ1) is 19.7. The van der Waals surface area contributed by atoms with Crippen molar-refractivity contribution >= 4 is 29.0 Å². The van der Waals surface area contributed by atoms with Crippen molar-refractivity contribution in [3.63, 3.8) is 0 Å². The van der Waals surface area contributed by atoms with Gasteiger partial charge in [0.25, 0.3) is 0 Å². The van der Waals surface area contributed by atoms with E-state index in [9.17, 15) is 18.9 Å². The van der Waals surface area contributed by atoms with Crippen LogP contribution in [0.25, 0.3) is 0 Å². The number of rotatable bonds is 5. The summed E-state index contributed by atoms with van der Waals surface area (Å²) in [5, 5.41) is -0.656. The van der Waals surface area contributed by atoms with E-state index in [1.54, 1.807) is 20.8 Å². The molecule has 5 atom stereocenters. The molecule has 0 spiro atoms. The van der Waals surface area contributed by atoms with Gasteiger partial charge in [0.15, 0.2) is 10.8 Å². The van der Waals surface area contributed by atoms with Crippen LogP contribution in [0.5, 0.6) is 0 Å². The van der Waals surface area contributed by atoms with Crippen LogP contribution < -0.4 is 0 Å². The first-order valence-electron chi connectivity index (χ1n) is 8.77. The molecular weight excluding hydrogens is 370 g/mol. The number of ether oxygens (including phenoxy) is 2. The predicted molar refractivity (Wildman–Crippen MR) is 97.6 cm³/mol. The summed E-state index contributed by atoms with van der Waals surface area (Å²) in [5.74, 6) is -2.13. The first-order chi connectivity index (χ1) is 12.7. The van der Waals surface area contributed by atoms with Crippen molar-refractivity contribution in [3.8, 4) is 0 Å². The highest BCUT2D eigenvalue weighted by Gasteiger charge is 2.73. The fourth-order valence-corrected chi connectivity index (χ4v) is 5.84. The lowest BCUT2D eigenvalue weighted by atomic mass is 9.88. The van der Waals surface area contributed by atoms with Crippen LogP contribution in [0.2, 0.25) is 0 Å². The summed E-state index contributed by atoms with van der Waals surface area (Å²) in [5.41, 5.74) is 0.829. The van der Waals surface area contributed by atoms with Crippen LogP contribution in [0, 0.1) is 5.92 Å². The summed E-state index contributed by atoms with van der Waals surface area (Å²) in [7, 11) is 0. The Kier molecular flexibility index (Phi) is 5.22. The third-order valence-corrected chi connectivity index (χ3v) is 7.32. The van der Waals surface area contributed by atoms with E-state index in [1.807, 2.05) is 30.3 Å². The first-order valence-corrected chi connectivity index (χ1v) is 9.98. The van der Waals surface area contributed by atoms with E-state index in [1.165, 1.54) is 11.8 Å². The third kappa shape index (κ3) is 3.32. The maximum absolute atomic E-state index is 13.0. The van der Waals surface area contributed by atoms with Crippen molar-refractivity contribution in [2.24, 2.45) is 5.92 Å². The Morgan fingerprint density at radius 3 is 2.52 bits per heavy atom. The highest BCUT2D eigenvalue weighted by molar-refractivity contribution is 7.93. The van der Waals surface area contributed by atoms with Gasteiger partial charge >= 0.3 is 11.9 Å². The van der Waals surface area contributed by atoms with E-state index in [4.69, 9.17) is 9.47 Å². The average molecular weight is 393 g/mol. The van der Waals surface area contributed by atoms with E-state index in [0.29, 0.717) is 0 Å². The van der Waals surface area contributed by atoms with Crippen LogP contribution in [-0.4, -0.2) is 49.6 Å². The quantitative estimate of drug-likeness (QED) is 0.426.